The summed E-state index contributed by atoms with van der Waals surface area (Å²) in [6, 6.07) is 1.97. The van der Waals surface area contributed by atoms with E-state index >= 15 is 0 Å². The van der Waals surface area contributed by atoms with Crippen molar-refractivity contribution in [2.45, 2.75) is 19.8 Å². The lowest BCUT2D eigenvalue weighted by molar-refractivity contribution is 0.616. The Morgan fingerprint density at radius 1 is 1.42 bits per heavy atom. The summed E-state index contributed by atoms with van der Waals surface area (Å²) in [5.74, 6) is 1.08. The summed E-state index contributed by atoms with van der Waals surface area (Å²) >= 11 is 0. The number of rotatable bonds is 1. The molecule has 0 fully saturated rings. The summed E-state index contributed by atoms with van der Waals surface area (Å²) < 4.78 is 0. The van der Waals surface area contributed by atoms with Crippen molar-refractivity contribution in [1.29, 1.82) is 0 Å². The zero-order valence-corrected chi connectivity index (χ0v) is 7.36. The second-order valence-electron chi connectivity index (χ2n) is 3.48. The van der Waals surface area contributed by atoms with Crippen molar-refractivity contribution in [3.63, 3.8) is 0 Å². The van der Waals surface area contributed by atoms with E-state index < -0.39 is 0 Å². The van der Waals surface area contributed by atoms with Gasteiger partial charge in [-0.25, -0.2) is 0 Å². The fourth-order valence-corrected chi connectivity index (χ4v) is 1.55. The zero-order chi connectivity index (χ0) is 8.55. The highest BCUT2D eigenvalue weighted by Crippen LogP contribution is 2.34. The molecule has 1 unspecified atom stereocenters. The van der Waals surface area contributed by atoms with E-state index in [2.05, 4.69) is 23.8 Å². The first kappa shape index (κ1) is 7.47. The van der Waals surface area contributed by atoms with Crippen molar-refractivity contribution in [3.05, 3.63) is 24.0 Å². The van der Waals surface area contributed by atoms with E-state index in [1.807, 2.05) is 18.5 Å². The molecular formula is C10H12N2. The van der Waals surface area contributed by atoms with E-state index in [1.165, 1.54) is 5.56 Å². The number of aliphatic imine (C=N–C) groups is 1. The zero-order valence-electron chi connectivity index (χ0n) is 7.36. The molecule has 12 heavy (non-hydrogen) atoms. The maximum absolute atomic E-state index is 4.34. The molecule has 0 radical (unpaired) electrons. The number of hydrogen-bond acceptors (Lipinski definition) is 2. The number of fused-ring (bicyclic) bond motifs is 1. The second kappa shape index (κ2) is 2.70. The highest BCUT2D eigenvalue weighted by molar-refractivity contribution is 5.80. The average Bonchev–Trinajstić information content (AvgIpc) is 2.47. The minimum atomic E-state index is 0.466. The van der Waals surface area contributed by atoms with E-state index in [0.717, 1.165) is 5.69 Å². The van der Waals surface area contributed by atoms with Crippen molar-refractivity contribution >= 4 is 11.9 Å². The molecule has 0 bridgehead atoms. The third-order valence-corrected chi connectivity index (χ3v) is 2.28. The van der Waals surface area contributed by atoms with Gasteiger partial charge in [-0.05, 0) is 12.0 Å². The van der Waals surface area contributed by atoms with Crippen LogP contribution in [-0.4, -0.2) is 11.2 Å². The molecule has 0 saturated heterocycles. The molecule has 1 aliphatic heterocycles. The van der Waals surface area contributed by atoms with Crippen LogP contribution in [0.2, 0.25) is 0 Å². The SMILES string of the molecule is CC(C)C1C=Nc2ccncc21. The van der Waals surface area contributed by atoms with Gasteiger partial charge in [-0.1, -0.05) is 13.8 Å². The van der Waals surface area contributed by atoms with Crippen LogP contribution in [0.3, 0.4) is 0 Å². The highest BCUT2D eigenvalue weighted by atomic mass is 14.8. The third kappa shape index (κ3) is 1.04. The maximum Gasteiger partial charge on any atom is 0.0695 e. The van der Waals surface area contributed by atoms with Gasteiger partial charge in [0.2, 0.25) is 0 Å². The van der Waals surface area contributed by atoms with E-state index in [1.54, 1.807) is 6.20 Å². The summed E-state index contributed by atoms with van der Waals surface area (Å²) in [7, 11) is 0. The summed E-state index contributed by atoms with van der Waals surface area (Å²) in [4.78, 5) is 8.45. The third-order valence-electron chi connectivity index (χ3n) is 2.28. The molecule has 2 heteroatoms. The van der Waals surface area contributed by atoms with E-state index in [0.29, 0.717) is 11.8 Å². The van der Waals surface area contributed by atoms with E-state index in [-0.39, 0.29) is 0 Å². The molecule has 1 aromatic heterocycles. The summed E-state index contributed by atoms with van der Waals surface area (Å²) in [6.07, 6.45) is 5.74. The molecule has 0 N–H and O–H groups in total. The van der Waals surface area contributed by atoms with Crippen LogP contribution < -0.4 is 0 Å². The van der Waals surface area contributed by atoms with Crippen LogP contribution in [0.15, 0.2) is 23.5 Å². The summed E-state index contributed by atoms with van der Waals surface area (Å²) in [6.45, 7) is 4.41. The van der Waals surface area contributed by atoms with Crippen LogP contribution in [0.5, 0.6) is 0 Å². The van der Waals surface area contributed by atoms with Crippen molar-refractivity contribution in [2.75, 3.05) is 0 Å². The van der Waals surface area contributed by atoms with Gasteiger partial charge in [-0.2, -0.15) is 0 Å². The molecule has 2 rings (SSSR count). The first-order valence-electron chi connectivity index (χ1n) is 4.27. The Labute approximate surface area is 72.4 Å². The standard InChI is InChI=1S/C10H12N2/c1-7(2)8-6-12-10-3-4-11-5-9(8)10/h3-8H,1-2H3. The predicted molar refractivity (Wildman–Crippen MR) is 50.0 cm³/mol. The molecule has 0 aromatic carbocycles. The van der Waals surface area contributed by atoms with Gasteiger partial charge < -0.3 is 0 Å². The second-order valence-corrected chi connectivity index (χ2v) is 3.48. The molecule has 1 atom stereocenters. The van der Waals surface area contributed by atoms with E-state index in [4.69, 9.17) is 0 Å². The highest BCUT2D eigenvalue weighted by Gasteiger charge is 2.21. The van der Waals surface area contributed by atoms with Gasteiger partial charge in [0.1, 0.15) is 0 Å². The van der Waals surface area contributed by atoms with Gasteiger partial charge >= 0.3 is 0 Å². The molecular weight excluding hydrogens is 148 g/mol. The Morgan fingerprint density at radius 2 is 2.25 bits per heavy atom. The van der Waals surface area contributed by atoms with Crippen molar-refractivity contribution < 1.29 is 0 Å². The maximum atomic E-state index is 4.34. The Kier molecular flexibility index (Phi) is 1.68. The van der Waals surface area contributed by atoms with Gasteiger partial charge in [-0.15, -0.1) is 0 Å². The van der Waals surface area contributed by atoms with Crippen LogP contribution in [-0.2, 0) is 0 Å². The van der Waals surface area contributed by atoms with Crippen LogP contribution in [0.25, 0.3) is 0 Å². The quantitative estimate of drug-likeness (QED) is 0.619. The van der Waals surface area contributed by atoms with E-state index in [9.17, 15) is 0 Å². The number of nitrogens with zero attached hydrogens (tertiary/aromatic N) is 2. The van der Waals surface area contributed by atoms with Crippen LogP contribution in [0, 0.1) is 5.92 Å². The van der Waals surface area contributed by atoms with Crippen molar-refractivity contribution in [1.82, 2.24) is 4.98 Å². The molecule has 62 valence electrons. The minimum absolute atomic E-state index is 0.466. The normalized spacial score (nSPS) is 20.1. The largest absolute Gasteiger partial charge is 0.264 e. The molecule has 2 heterocycles. The van der Waals surface area contributed by atoms with Gasteiger partial charge in [0, 0.05) is 30.1 Å². The monoisotopic (exact) mass is 160 g/mol. The summed E-state index contributed by atoms with van der Waals surface area (Å²) in [5, 5.41) is 0. The minimum Gasteiger partial charge on any atom is -0.264 e. The molecule has 0 amide bonds. The topological polar surface area (TPSA) is 25.2 Å². The lowest BCUT2D eigenvalue weighted by atomic mass is 9.92. The van der Waals surface area contributed by atoms with Gasteiger partial charge in [0.05, 0.1) is 5.69 Å². The fraction of sp³-hybridized carbons (Fsp3) is 0.400. The molecule has 1 aromatic rings. The molecule has 2 nitrogen and oxygen atoms in total. The van der Waals surface area contributed by atoms with Crippen molar-refractivity contribution in [3.8, 4) is 0 Å². The number of aromatic nitrogens is 1. The first-order chi connectivity index (χ1) is 5.79. The van der Waals surface area contributed by atoms with Gasteiger partial charge in [0.15, 0.2) is 0 Å². The summed E-state index contributed by atoms with van der Waals surface area (Å²) in [5.41, 5.74) is 2.36. The van der Waals surface area contributed by atoms with Gasteiger partial charge in [0.25, 0.3) is 0 Å². The molecule has 0 saturated carbocycles. The smallest absolute Gasteiger partial charge is 0.0695 e. The fourth-order valence-electron chi connectivity index (χ4n) is 1.55. The lowest BCUT2D eigenvalue weighted by Crippen LogP contribution is -2.04. The van der Waals surface area contributed by atoms with Crippen LogP contribution in [0.4, 0.5) is 5.69 Å². The van der Waals surface area contributed by atoms with Crippen LogP contribution in [0.1, 0.15) is 25.3 Å². The molecule has 1 aliphatic rings. The average molecular weight is 160 g/mol. The Hall–Kier alpha value is -1.18. The molecule has 0 aliphatic carbocycles. The Morgan fingerprint density at radius 3 is 3.00 bits per heavy atom. The number of pyridine rings is 1. The first-order valence-corrected chi connectivity index (χ1v) is 4.27. The Bertz CT molecular complexity index is 315. The number of hydrogen-bond donors (Lipinski definition) is 0. The Balaban J connectivity index is 2.42. The molecule has 0 spiro atoms. The van der Waals surface area contributed by atoms with Crippen molar-refractivity contribution in [2.24, 2.45) is 10.9 Å². The van der Waals surface area contributed by atoms with Crippen LogP contribution >= 0.6 is 0 Å². The predicted octanol–water partition coefficient (Wildman–Crippen LogP) is 2.54. The lowest BCUT2D eigenvalue weighted by Gasteiger charge is -2.11. The van der Waals surface area contributed by atoms with Gasteiger partial charge in [-0.3, -0.25) is 9.98 Å².